The summed E-state index contributed by atoms with van der Waals surface area (Å²) in [4.78, 5) is 13.7. The molecule has 0 spiro atoms. The number of nitrogens with zero attached hydrogens (tertiary/aromatic N) is 2. The van der Waals surface area contributed by atoms with Gasteiger partial charge in [0.15, 0.2) is 0 Å². The summed E-state index contributed by atoms with van der Waals surface area (Å²) >= 11 is 5.87. The van der Waals surface area contributed by atoms with Crippen molar-refractivity contribution in [3.8, 4) is 0 Å². The van der Waals surface area contributed by atoms with Crippen LogP contribution >= 0.6 is 11.6 Å². The van der Waals surface area contributed by atoms with Crippen molar-refractivity contribution in [2.75, 3.05) is 13.1 Å². The molecule has 1 saturated heterocycles. The Morgan fingerprint density at radius 2 is 2.33 bits per heavy atom. The molecule has 0 bridgehead atoms. The standard InChI is InChI=1S/C10H14ClN3O/c1-2-13-4-7(11)3-9(13)10(15)14-5-8(12)6-14/h3-4,8H,2,5-6,12H2,1H3. The molecule has 4 nitrogen and oxygen atoms in total. The molecule has 0 atom stereocenters. The molecule has 0 saturated carbocycles. The zero-order valence-electron chi connectivity index (χ0n) is 8.61. The summed E-state index contributed by atoms with van der Waals surface area (Å²) < 4.78 is 1.86. The second-order valence-corrected chi connectivity index (χ2v) is 4.24. The maximum absolute atomic E-state index is 12.0. The molecular weight excluding hydrogens is 214 g/mol. The summed E-state index contributed by atoms with van der Waals surface area (Å²) in [6.07, 6.45) is 1.77. The minimum Gasteiger partial charge on any atom is -0.342 e. The number of aromatic nitrogens is 1. The number of halogens is 1. The first-order valence-electron chi connectivity index (χ1n) is 5.02. The lowest BCUT2D eigenvalue weighted by molar-refractivity contribution is 0.0597. The van der Waals surface area contributed by atoms with Gasteiger partial charge in [0.05, 0.1) is 5.02 Å². The minimum absolute atomic E-state index is 0.0189. The fraction of sp³-hybridized carbons (Fsp3) is 0.500. The van der Waals surface area contributed by atoms with Gasteiger partial charge in [-0.2, -0.15) is 0 Å². The van der Waals surface area contributed by atoms with E-state index >= 15 is 0 Å². The van der Waals surface area contributed by atoms with Gasteiger partial charge in [0, 0.05) is 31.9 Å². The summed E-state index contributed by atoms with van der Waals surface area (Å²) in [5, 5.41) is 0.602. The Bertz CT molecular complexity index is 382. The van der Waals surface area contributed by atoms with Gasteiger partial charge in [-0.25, -0.2) is 0 Å². The summed E-state index contributed by atoms with van der Waals surface area (Å²) in [6, 6.07) is 1.84. The van der Waals surface area contributed by atoms with Gasteiger partial charge in [-0.3, -0.25) is 4.79 Å². The molecule has 1 aromatic rings. The molecule has 1 aromatic heterocycles. The first kappa shape index (κ1) is 10.5. The zero-order valence-corrected chi connectivity index (χ0v) is 9.37. The van der Waals surface area contributed by atoms with Crippen molar-refractivity contribution in [1.29, 1.82) is 0 Å². The Morgan fingerprint density at radius 1 is 1.67 bits per heavy atom. The first-order valence-corrected chi connectivity index (χ1v) is 5.40. The Hall–Kier alpha value is -1.00. The van der Waals surface area contributed by atoms with Crippen molar-refractivity contribution in [1.82, 2.24) is 9.47 Å². The molecule has 0 aromatic carbocycles. The molecule has 2 heterocycles. The Morgan fingerprint density at radius 3 is 2.87 bits per heavy atom. The Kier molecular flexibility index (Phi) is 2.71. The smallest absolute Gasteiger partial charge is 0.270 e. The van der Waals surface area contributed by atoms with Crippen molar-refractivity contribution in [2.24, 2.45) is 5.73 Å². The van der Waals surface area contributed by atoms with Crippen molar-refractivity contribution in [2.45, 2.75) is 19.5 Å². The van der Waals surface area contributed by atoms with Crippen LogP contribution in [0.4, 0.5) is 0 Å². The molecule has 0 aliphatic carbocycles. The van der Waals surface area contributed by atoms with E-state index in [0.29, 0.717) is 23.8 Å². The maximum Gasteiger partial charge on any atom is 0.270 e. The molecule has 1 aliphatic rings. The van der Waals surface area contributed by atoms with Crippen LogP contribution in [0.3, 0.4) is 0 Å². The van der Waals surface area contributed by atoms with Crippen molar-refractivity contribution < 1.29 is 4.79 Å². The molecule has 82 valence electrons. The van der Waals surface area contributed by atoms with Crippen molar-refractivity contribution >= 4 is 17.5 Å². The number of rotatable bonds is 2. The van der Waals surface area contributed by atoms with Crippen LogP contribution in [0.5, 0.6) is 0 Å². The quantitative estimate of drug-likeness (QED) is 0.818. The van der Waals surface area contributed by atoms with Gasteiger partial charge >= 0.3 is 0 Å². The molecular formula is C10H14ClN3O. The fourth-order valence-corrected chi connectivity index (χ4v) is 1.98. The van der Waals surface area contributed by atoms with Gasteiger partial charge in [-0.1, -0.05) is 11.6 Å². The predicted molar refractivity (Wildman–Crippen MR) is 59.0 cm³/mol. The third-order valence-electron chi connectivity index (χ3n) is 2.62. The molecule has 0 radical (unpaired) electrons. The molecule has 0 unspecified atom stereocenters. The number of carbonyl (C=O) groups excluding carboxylic acids is 1. The highest BCUT2D eigenvalue weighted by molar-refractivity contribution is 6.31. The van der Waals surface area contributed by atoms with E-state index < -0.39 is 0 Å². The average molecular weight is 228 g/mol. The van der Waals surface area contributed by atoms with Crippen LogP contribution in [0.15, 0.2) is 12.3 Å². The van der Waals surface area contributed by atoms with Crippen LogP contribution in [-0.2, 0) is 6.54 Å². The van der Waals surface area contributed by atoms with Gasteiger partial charge in [0.1, 0.15) is 5.69 Å². The molecule has 15 heavy (non-hydrogen) atoms. The summed E-state index contributed by atoms with van der Waals surface area (Å²) in [7, 11) is 0. The van der Waals surface area contributed by atoms with E-state index in [1.165, 1.54) is 0 Å². The number of carbonyl (C=O) groups is 1. The van der Waals surface area contributed by atoms with Crippen LogP contribution in [0.1, 0.15) is 17.4 Å². The topological polar surface area (TPSA) is 51.3 Å². The summed E-state index contributed by atoms with van der Waals surface area (Å²) in [5.74, 6) is 0.0189. The lowest BCUT2D eigenvalue weighted by Crippen LogP contribution is -2.58. The zero-order chi connectivity index (χ0) is 11.0. The van der Waals surface area contributed by atoms with E-state index in [1.807, 2.05) is 11.5 Å². The number of nitrogens with two attached hydrogens (primary N) is 1. The third kappa shape index (κ3) is 1.87. The van der Waals surface area contributed by atoms with Gasteiger partial charge in [0.25, 0.3) is 5.91 Å². The monoisotopic (exact) mass is 227 g/mol. The van der Waals surface area contributed by atoms with E-state index in [9.17, 15) is 4.79 Å². The number of hydrogen-bond donors (Lipinski definition) is 1. The minimum atomic E-state index is 0.0189. The maximum atomic E-state index is 12.0. The molecule has 1 fully saturated rings. The third-order valence-corrected chi connectivity index (χ3v) is 2.83. The van der Waals surface area contributed by atoms with Crippen LogP contribution in [0.25, 0.3) is 0 Å². The van der Waals surface area contributed by atoms with Gasteiger partial charge < -0.3 is 15.2 Å². The van der Waals surface area contributed by atoms with Crippen molar-refractivity contribution in [3.05, 3.63) is 23.0 Å². The fourth-order valence-electron chi connectivity index (χ4n) is 1.76. The lowest BCUT2D eigenvalue weighted by atomic mass is 10.1. The molecule has 1 aliphatic heterocycles. The van der Waals surface area contributed by atoms with Crippen LogP contribution in [0, 0.1) is 0 Å². The lowest BCUT2D eigenvalue weighted by Gasteiger charge is -2.36. The van der Waals surface area contributed by atoms with Gasteiger partial charge in [-0.15, -0.1) is 0 Å². The van der Waals surface area contributed by atoms with E-state index in [-0.39, 0.29) is 11.9 Å². The Labute approximate surface area is 93.6 Å². The van der Waals surface area contributed by atoms with Gasteiger partial charge in [-0.05, 0) is 13.0 Å². The SMILES string of the molecule is CCn1cc(Cl)cc1C(=O)N1CC(N)C1. The normalized spacial score (nSPS) is 16.6. The number of hydrogen-bond acceptors (Lipinski definition) is 2. The number of amides is 1. The second kappa shape index (κ2) is 3.87. The highest BCUT2D eigenvalue weighted by Gasteiger charge is 2.29. The predicted octanol–water partition coefficient (Wildman–Crippen LogP) is 0.945. The van der Waals surface area contributed by atoms with Crippen LogP contribution in [0.2, 0.25) is 5.02 Å². The van der Waals surface area contributed by atoms with E-state index in [1.54, 1.807) is 17.2 Å². The highest BCUT2D eigenvalue weighted by Crippen LogP contribution is 2.18. The molecule has 2 N–H and O–H groups in total. The number of likely N-dealkylation sites (tertiary alicyclic amines) is 1. The highest BCUT2D eigenvalue weighted by atomic mass is 35.5. The van der Waals surface area contributed by atoms with E-state index in [2.05, 4.69) is 0 Å². The molecule has 1 amide bonds. The summed E-state index contributed by atoms with van der Waals surface area (Å²) in [5.41, 5.74) is 6.28. The van der Waals surface area contributed by atoms with E-state index in [0.717, 1.165) is 6.54 Å². The first-order chi connectivity index (χ1) is 7.11. The van der Waals surface area contributed by atoms with Crippen LogP contribution < -0.4 is 5.73 Å². The van der Waals surface area contributed by atoms with Gasteiger partial charge in [0.2, 0.25) is 0 Å². The molecule has 5 heteroatoms. The largest absolute Gasteiger partial charge is 0.342 e. The average Bonchev–Trinajstić information content (AvgIpc) is 2.53. The van der Waals surface area contributed by atoms with E-state index in [4.69, 9.17) is 17.3 Å². The van der Waals surface area contributed by atoms with Crippen molar-refractivity contribution in [3.63, 3.8) is 0 Å². The Balaban J connectivity index is 2.17. The molecule has 2 rings (SSSR count). The van der Waals surface area contributed by atoms with Crippen LogP contribution in [-0.4, -0.2) is 34.5 Å². The second-order valence-electron chi connectivity index (χ2n) is 3.80. The summed E-state index contributed by atoms with van der Waals surface area (Å²) in [6.45, 7) is 4.01. The number of aryl methyl sites for hydroxylation is 1.